The Morgan fingerprint density at radius 1 is 0.875 bits per heavy atom. The Balaban J connectivity index is 1.75. The van der Waals surface area contributed by atoms with Crippen molar-refractivity contribution < 1.29 is 33.8 Å². The number of carboxylic acid groups (broad SMARTS) is 1. The molecule has 0 spiro atoms. The van der Waals surface area contributed by atoms with E-state index in [1.807, 2.05) is 91.0 Å². The van der Waals surface area contributed by atoms with Crippen LogP contribution >= 0.6 is 6.89 Å². The number of nitrogens with zero attached hydrogens (tertiary/aromatic N) is 1. The van der Waals surface area contributed by atoms with E-state index in [2.05, 4.69) is 6.58 Å². The fourth-order valence-electron chi connectivity index (χ4n) is 6.26. The number of β-lactam (4-membered cyclic amide) rings is 1. The van der Waals surface area contributed by atoms with Gasteiger partial charge in [0.25, 0.3) is 0 Å². The molecule has 0 bridgehead atoms. The summed E-state index contributed by atoms with van der Waals surface area (Å²) < 4.78 is 10.5. The average Bonchev–Trinajstić information content (AvgIpc) is 3.11. The van der Waals surface area contributed by atoms with Gasteiger partial charge in [0.05, 0.1) is 12.0 Å². The number of carboxylic acids is 1. The van der Waals surface area contributed by atoms with Crippen molar-refractivity contribution in [2.45, 2.75) is 32.0 Å². The zero-order chi connectivity index (χ0) is 34.3. The van der Waals surface area contributed by atoms with Crippen LogP contribution in [0.5, 0.6) is 0 Å². The normalized spacial score (nSPS) is 16.3. The van der Waals surface area contributed by atoms with E-state index < -0.39 is 43.0 Å². The summed E-state index contributed by atoms with van der Waals surface area (Å²) >= 11 is 0. The van der Waals surface area contributed by atoms with Crippen molar-refractivity contribution in [3.63, 3.8) is 0 Å². The van der Waals surface area contributed by atoms with Gasteiger partial charge in [0.2, 0.25) is 5.91 Å². The van der Waals surface area contributed by atoms with Gasteiger partial charge in [-0.2, -0.15) is 0 Å². The highest BCUT2D eigenvalue weighted by Crippen LogP contribution is 2.50. The van der Waals surface area contributed by atoms with Crippen molar-refractivity contribution in [1.29, 1.82) is 0 Å². The summed E-state index contributed by atoms with van der Waals surface area (Å²) in [5.41, 5.74) is 6.84. The molecule has 1 aliphatic rings. The van der Waals surface area contributed by atoms with Crippen molar-refractivity contribution in [3.05, 3.63) is 139 Å². The van der Waals surface area contributed by atoms with Gasteiger partial charge in [-0.05, 0) is 28.4 Å². The SMILES string of the molecule is C=CCOC(=O)O[C@H](C)[C@H]1C(=O)N(C(C(=O)O)=P(c2ccccc2)(c2ccccc2)c2ccccc2)[C@@H]1CC(=O)c1ccc(CN)cc1. The Morgan fingerprint density at radius 2 is 1.38 bits per heavy atom. The number of ketones is 1. The molecule has 5 rings (SSSR count). The number of carbonyl (C=O) groups excluding carboxylic acids is 3. The minimum absolute atomic E-state index is 0.0911. The third-order valence-electron chi connectivity index (χ3n) is 8.45. The maximum Gasteiger partial charge on any atom is 0.508 e. The first-order chi connectivity index (χ1) is 23.2. The van der Waals surface area contributed by atoms with Crippen molar-refractivity contribution >= 4 is 52.0 Å². The van der Waals surface area contributed by atoms with Gasteiger partial charge in [-0.3, -0.25) is 9.59 Å². The summed E-state index contributed by atoms with van der Waals surface area (Å²) in [5, 5.41) is 13.4. The van der Waals surface area contributed by atoms with Crippen molar-refractivity contribution in [1.82, 2.24) is 4.90 Å². The van der Waals surface area contributed by atoms with Crippen LogP contribution in [0, 0.1) is 5.92 Å². The van der Waals surface area contributed by atoms with E-state index in [4.69, 9.17) is 15.2 Å². The Kier molecular flexibility index (Phi) is 10.7. The lowest BCUT2D eigenvalue weighted by Crippen LogP contribution is -2.68. The number of aliphatic carboxylic acids is 1. The van der Waals surface area contributed by atoms with Crippen LogP contribution in [0.15, 0.2) is 128 Å². The Hall–Kier alpha value is -5.24. The third kappa shape index (κ3) is 6.61. The summed E-state index contributed by atoms with van der Waals surface area (Å²) in [5.74, 6) is -3.19. The van der Waals surface area contributed by atoms with E-state index in [9.17, 15) is 24.3 Å². The second-order valence-corrected chi connectivity index (χ2v) is 14.6. The predicted molar refractivity (Wildman–Crippen MR) is 187 cm³/mol. The van der Waals surface area contributed by atoms with E-state index >= 15 is 0 Å². The van der Waals surface area contributed by atoms with E-state index in [0.29, 0.717) is 12.1 Å². The summed E-state index contributed by atoms with van der Waals surface area (Å²) in [6.45, 7) is 1.99. The smallest absolute Gasteiger partial charge is 0.477 e. The number of likely N-dealkylation sites (tertiary alicyclic amines) is 1. The molecule has 1 fully saturated rings. The highest BCUT2D eigenvalue weighted by molar-refractivity contribution is 7.96. The zero-order valence-corrected chi connectivity index (χ0v) is 27.4. The second-order valence-electron chi connectivity index (χ2n) is 11.3. The number of hydrogen-bond acceptors (Lipinski definition) is 7. The minimum Gasteiger partial charge on any atom is -0.477 e. The van der Waals surface area contributed by atoms with Gasteiger partial charge >= 0.3 is 12.1 Å². The molecule has 3 N–H and O–H groups in total. The van der Waals surface area contributed by atoms with Crippen molar-refractivity contribution in [2.75, 3.05) is 6.61 Å². The summed E-state index contributed by atoms with van der Waals surface area (Å²) in [4.78, 5) is 55.7. The maximum atomic E-state index is 14.4. The van der Waals surface area contributed by atoms with Crippen LogP contribution in [0.3, 0.4) is 0 Å². The molecule has 0 aromatic heterocycles. The first kappa shape index (κ1) is 34.1. The topological polar surface area (TPSA) is 136 Å². The Bertz CT molecular complexity index is 1740. The minimum atomic E-state index is -3.29. The summed E-state index contributed by atoms with van der Waals surface area (Å²) in [7, 11) is 0. The number of nitrogens with two attached hydrogens (primary N) is 1. The molecule has 48 heavy (non-hydrogen) atoms. The predicted octanol–water partition coefficient (Wildman–Crippen LogP) is 4.48. The quantitative estimate of drug-likeness (QED) is 0.0703. The molecule has 1 heterocycles. The molecule has 9 nitrogen and oxygen atoms in total. The van der Waals surface area contributed by atoms with Gasteiger partial charge in [0.15, 0.2) is 5.78 Å². The van der Waals surface area contributed by atoms with Gasteiger partial charge in [-0.1, -0.05) is 128 Å². The Morgan fingerprint density at radius 3 is 1.81 bits per heavy atom. The van der Waals surface area contributed by atoms with Gasteiger partial charge in [0, 0.05) is 25.4 Å². The second kappa shape index (κ2) is 15.1. The molecule has 3 atom stereocenters. The molecule has 1 amide bonds. The first-order valence-corrected chi connectivity index (χ1v) is 17.3. The molecule has 10 heteroatoms. The standard InChI is InChI=1S/C38H37N2O7P/c1-3-23-46-38(45)47-26(2)34-32(24-33(41)28-21-19-27(25-39)20-22-28)40(35(34)42)36(37(43)44)48(29-13-7-4-8-14-29,30-15-9-5-10-16-30)31-17-11-6-12-18-31/h3-22,26,32,34H,1,23-25,39H2,2H3,(H,43,44)/t26-,32-,34-/m1/s1. The molecule has 4 aromatic rings. The van der Waals surface area contributed by atoms with Gasteiger partial charge < -0.3 is 25.2 Å². The van der Waals surface area contributed by atoms with E-state index in [1.54, 1.807) is 24.3 Å². The average molecular weight is 665 g/mol. The molecule has 0 saturated carbocycles. The van der Waals surface area contributed by atoms with Crippen LogP contribution in [0.2, 0.25) is 0 Å². The highest BCUT2D eigenvalue weighted by Gasteiger charge is 2.56. The van der Waals surface area contributed by atoms with E-state index in [-0.39, 0.29) is 24.2 Å². The number of benzene rings is 4. The largest absolute Gasteiger partial charge is 0.508 e. The number of carbonyl (C=O) groups is 4. The number of ether oxygens (including phenoxy) is 2. The molecular formula is C38H37N2O7P. The van der Waals surface area contributed by atoms with Crippen LogP contribution in [-0.2, 0) is 25.6 Å². The first-order valence-electron chi connectivity index (χ1n) is 15.5. The number of Topliss-reactive ketones (excluding diaryl/α,β-unsaturated/α-hetero) is 1. The lowest BCUT2D eigenvalue weighted by atomic mass is 9.79. The lowest BCUT2D eigenvalue weighted by Gasteiger charge is -2.50. The van der Waals surface area contributed by atoms with Crippen LogP contribution < -0.4 is 21.6 Å². The molecule has 246 valence electrons. The van der Waals surface area contributed by atoms with Gasteiger partial charge in [-0.25, -0.2) is 9.59 Å². The van der Waals surface area contributed by atoms with Crippen molar-refractivity contribution in [2.24, 2.45) is 11.7 Å². The molecule has 1 saturated heterocycles. The molecule has 0 unspecified atom stereocenters. The molecule has 1 aliphatic heterocycles. The van der Waals surface area contributed by atoms with Gasteiger partial charge in [0.1, 0.15) is 18.1 Å². The van der Waals surface area contributed by atoms with Crippen LogP contribution in [0.1, 0.15) is 29.3 Å². The van der Waals surface area contributed by atoms with E-state index in [1.165, 1.54) is 17.9 Å². The highest BCUT2D eigenvalue weighted by atomic mass is 31.2. The van der Waals surface area contributed by atoms with E-state index in [0.717, 1.165) is 21.5 Å². The van der Waals surface area contributed by atoms with Gasteiger partial charge in [-0.15, -0.1) is 0 Å². The molecule has 0 aliphatic carbocycles. The molecule has 0 radical (unpaired) electrons. The van der Waals surface area contributed by atoms with Crippen LogP contribution in [0.4, 0.5) is 4.79 Å². The monoisotopic (exact) mass is 664 g/mol. The molecular weight excluding hydrogens is 627 g/mol. The number of amides is 1. The fraction of sp³-hybridized carbons (Fsp3) is 0.184. The Labute approximate surface area is 279 Å². The van der Waals surface area contributed by atoms with Crippen molar-refractivity contribution in [3.8, 4) is 0 Å². The fourth-order valence-corrected chi connectivity index (χ4v) is 10.6. The zero-order valence-electron chi connectivity index (χ0n) is 26.5. The van der Waals surface area contributed by atoms with Crippen LogP contribution in [-0.4, -0.2) is 58.0 Å². The lowest BCUT2D eigenvalue weighted by molar-refractivity contribution is -0.157. The maximum absolute atomic E-state index is 14.4. The number of hydrogen-bond donors (Lipinski definition) is 2. The third-order valence-corrected chi connectivity index (χ3v) is 12.7. The summed E-state index contributed by atoms with van der Waals surface area (Å²) in [6, 6.07) is 33.7. The summed E-state index contributed by atoms with van der Waals surface area (Å²) in [6.07, 6.45) is -0.869. The van der Waals surface area contributed by atoms with Crippen LogP contribution in [0.25, 0.3) is 0 Å². The molecule has 4 aromatic carbocycles. The number of rotatable bonds is 13.